The van der Waals surface area contributed by atoms with Crippen LogP contribution < -0.4 is 15.9 Å². The molecule has 2 heterocycles. The fourth-order valence-corrected chi connectivity index (χ4v) is 9.08. The van der Waals surface area contributed by atoms with E-state index in [2.05, 4.69) is 22.8 Å². The number of aromatic nitrogens is 2. The van der Waals surface area contributed by atoms with Crippen molar-refractivity contribution in [3.05, 3.63) is 151 Å². The van der Waals surface area contributed by atoms with Gasteiger partial charge >= 0.3 is 0 Å². The lowest BCUT2D eigenvalue weighted by Gasteiger charge is -2.29. The molecule has 0 saturated heterocycles. The molecule has 42 heavy (non-hydrogen) atoms. The molecule has 8 rings (SSSR count). The van der Waals surface area contributed by atoms with Crippen LogP contribution in [-0.2, 0) is 4.57 Å². The van der Waals surface area contributed by atoms with Crippen LogP contribution in [-0.4, -0.2) is 9.55 Å². The van der Waals surface area contributed by atoms with Crippen LogP contribution in [0.4, 0.5) is 0 Å². The van der Waals surface area contributed by atoms with Crippen molar-refractivity contribution in [3.8, 4) is 39.1 Å². The zero-order valence-corrected chi connectivity index (χ0v) is 23.6. The quantitative estimate of drug-likeness (QED) is 0.202. The first-order valence-electron chi connectivity index (χ1n) is 16.3. The van der Waals surface area contributed by atoms with Gasteiger partial charge in [-0.1, -0.05) is 121 Å². The second-order valence-corrected chi connectivity index (χ2v) is 13.1. The summed E-state index contributed by atoms with van der Waals surface area (Å²) in [7, 11) is -3.22. The molecular formula is C38H27N2OP. The maximum Gasteiger partial charge on any atom is 0.175 e. The number of para-hydroxylation sites is 1. The van der Waals surface area contributed by atoms with E-state index in [1.807, 2.05) is 91.9 Å². The lowest BCUT2D eigenvalue weighted by Crippen LogP contribution is -2.33. The van der Waals surface area contributed by atoms with E-state index in [-0.39, 0.29) is 29.7 Å². The maximum atomic E-state index is 15.4. The fourth-order valence-electron chi connectivity index (χ4n) is 6.04. The number of hydrogen-bond acceptors (Lipinski definition) is 2. The Labute approximate surface area is 252 Å². The monoisotopic (exact) mass is 563 g/mol. The van der Waals surface area contributed by atoms with Crippen LogP contribution in [0.5, 0.6) is 0 Å². The Bertz CT molecular complexity index is 2410. The molecule has 1 aliphatic heterocycles. The molecule has 0 amide bonds. The van der Waals surface area contributed by atoms with Gasteiger partial charge < -0.3 is 4.57 Å². The number of fused-ring (bicyclic) bond motifs is 2. The molecule has 6 aromatic carbocycles. The summed E-state index contributed by atoms with van der Waals surface area (Å²) in [6.07, 6.45) is 0. The Morgan fingerprint density at radius 3 is 1.88 bits per heavy atom. The first-order chi connectivity index (χ1) is 22.7. The normalized spacial score (nSPS) is 17.1. The van der Waals surface area contributed by atoms with Crippen molar-refractivity contribution in [3.63, 3.8) is 0 Å². The Morgan fingerprint density at radius 2 is 1.21 bits per heavy atom. The van der Waals surface area contributed by atoms with Crippen molar-refractivity contribution in [1.29, 1.82) is 0 Å². The van der Waals surface area contributed by atoms with Gasteiger partial charge in [-0.3, -0.25) is 4.57 Å². The third-order valence-corrected chi connectivity index (χ3v) is 11.2. The van der Waals surface area contributed by atoms with Crippen LogP contribution in [0.1, 0.15) is 12.7 Å². The smallest absolute Gasteiger partial charge is 0.175 e. The molecule has 0 bridgehead atoms. The lowest BCUT2D eigenvalue weighted by atomic mass is 9.98. The van der Waals surface area contributed by atoms with E-state index in [4.69, 9.17) is 11.8 Å². The number of benzene rings is 6. The van der Waals surface area contributed by atoms with E-state index in [1.54, 1.807) is 12.1 Å². The van der Waals surface area contributed by atoms with Gasteiger partial charge in [-0.25, -0.2) is 4.98 Å². The minimum atomic E-state index is -3.22. The highest BCUT2D eigenvalue weighted by Crippen LogP contribution is 2.49. The van der Waals surface area contributed by atoms with E-state index in [9.17, 15) is 0 Å². The highest BCUT2D eigenvalue weighted by molar-refractivity contribution is 7.86. The van der Waals surface area contributed by atoms with Crippen molar-refractivity contribution < 1.29 is 11.4 Å². The molecule has 0 spiro atoms. The predicted molar refractivity (Wildman–Crippen MR) is 175 cm³/mol. The average Bonchev–Trinajstić information content (AvgIpc) is 3.45. The Balaban J connectivity index is 1.19. The standard InChI is InChI=1S/C38H27N2OP/c1-26-39-34-13-8-14-36-38(34)40(26)35-24-23-32(25-37(35)42(36,41)33-11-6-3-7-12-33)31-21-19-30(20-22-31)29-17-15-28(16-18-29)27-9-4-2-5-10-27/h2-25H,1H3/i2D,4D,5D,9D,10D. The molecule has 1 aliphatic rings. The van der Waals surface area contributed by atoms with Crippen LogP contribution in [0.3, 0.4) is 0 Å². The van der Waals surface area contributed by atoms with Crippen LogP contribution in [0.25, 0.3) is 50.1 Å². The topological polar surface area (TPSA) is 34.9 Å². The summed E-state index contributed by atoms with van der Waals surface area (Å²) in [6.45, 7) is 1.98. The number of hydrogen-bond donors (Lipinski definition) is 0. The highest BCUT2D eigenvalue weighted by atomic mass is 31.2. The number of imidazole rings is 1. The summed E-state index contributed by atoms with van der Waals surface area (Å²) >= 11 is 0. The largest absolute Gasteiger partial charge is 0.308 e. The van der Waals surface area contributed by atoms with E-state index in [0.717, 1.165) is 60.7 Å². The molecule has 0 aliphatic carbocycles. The van der Waals surface area contributed by atoms with Crippen LogP contribution >= 0.6 is 7.14 Å². The third-order valence-electron chi connectivity index (χ3n) is 8.06. The van der Waals surface area contributed by atoms with Crippen LogP contribution in [0.2, 0.25) is 0 Å². The summed E-state index contributed by atoms with van der Waals surface area (Å²) in [4.78, 5) is 4.80. The summed E-state index contributed by atoms with van der Waals surface area (Å²) in [6, 6.07) is 35.8. The van der Waals surface area contributed by atoms with Gasteiger partial charge in [-0.05, 0) is 64.6 Å². The van der Waals surface area contributed by atoms with Gasteiger partial charge in [-0.15, -0.1) is 0 Å². The van der Waals surface area contributed by atoms with Gasteiger partial charge in [-0.2, -0.15) is 0 Å². The van der Waals surface area contributed by atoms with Gasteiger partial charge in [0, 0.05) is 15.9 Å². The lowest BCUT2D eigenvalue weighted by molar-refractivity contribution is 0.592. The van der Waals surface area contributed by atoms with E-state index in [0.29, 0.717) is 5.56 Å². The number of rotatable bonds is 4. The molecule has 0 N–H and O–H groups in total. The maximum absolute atomic E-state index is 15.4. The van der Waals surface area contributed by atoms with E-state index >= 15 is 4.57 Å². The van der Waals surface area contributed by atoms with Crippen molar-refractivity contribution >= 4 is 34.1 Å². The number of aryl methyl sites for hydroxylation is 1. The third kappa shape index (κ3) is 3.75. The Hall–Kier alpha value is -4.98. The highest BCUT2D eigenvalue weighted by Gasteiger charge is 2.39. The second kappa shape index (κ2) is 9.55. The van der Waals surface area contributed by atoms with E-state index < -0.39 is 13.2 Å². The summed E-state index contributed by atoms with van der Waals surface area (Å²) in [5, 5.41) is 2.38. The minimum absolute atomic E-state index is 0.187. The summed E-state index contributed by atoms with van der Waals surface area (Å²) in [5.41, 5.74) is 7.22. The first kappa shape index (κ1) is 20.0. The van der Waals surface area contributed by atoms with Crippen molar-refractivity contribution in [1.82, 2.24) is 9.55 Å². The van der Waals surface area contributed by atoms with E-state index in [1.165, 1.54) is 0 Å². The molecule has 200 valence electrons. The Morgan fingerprint density at radius 1 is 0.619 bits per heavy atom. The second-order valence-electron chi connectivity index (χ2n) is 10.4. The SMILES string of the molecule is [2H]c1c([2H])c([2H])c(-c2ccc(-c3ccc(-c4ccc5c(c4)P(=O)(c4ccccc4)c4cccc6nc(C)n-5c46)cc3)cc2)c([2H])c1[2H]. The number of nitrogens with zero attached hydrogens (tertiary/aromatic N) is 2. The molecular weight excluding hydrogens is 531 g/mol. The molecule has 0 saturated carbocycles. The molecule has 1 unspecified atom stereocenters. The van der Waals surface area contributed by atoms with Crippen molar-refractivity contribution in [2.75, 3.05) is 0 Å². The minimum Gasteiger partial charge on any atom is -0.308 e. The molecule has 1 aromatic heterocycles. The van der Waals surface area contributed by atoms with Gasteiger partial charge in [0.1, 0.15) is 5.82 Å². The van der Waals surface area contributed by atoms with Gasteiger partial charge in [0.2, 0.25) is 0 Å². The van der Waals surface area contributed by atoms with Crippen LogP contribution in [0, 0.1) is 6.92 Å². The summed E-state index contributed by atoms with van der Waals surface area (Å²) in [5.74, 6) is 0.850. The molecule has 4 heteroatoms. The van der Waals surface area contributed by atoms with Gasteiger partial charge in [0.25, 0.3) is 0 Å². The Kier molecular flexibility index (Phi) is 4.54. The van der Waals surface area contributed by atoms with Gasteiger partial charge in [0.05, 0.1) is 23.6 Å². The molecule has 7 aromatic rings. The van der Waals surface area contributed by atoms with Crippen LogP contribution in [0.15, 0.2) is 145 Å². The first-order valence-corrected chi connectivity index (χ1v) is 15.5. The zero-order valence-electron chi connectivity index (χ0n) is 27.7. The average molecular weight is 564 g/mol. The van der Waals surface area contributed by atoms with Crippen molar-refractivity contribution in [2.45, 2.75) is 6.92 Å². The zero-order chi connectivity index (χ0) is 32.6. The van der Waals surface area contributed by atoms with Gasteiger partial charge in [0.15, 0.2) is 7.14 Å². The fraction of sp³-hybridized carbons (Fsp3) is 0.0263. The predicted octanol–water partition coefficient (Wildman–Crippen LogP) is 8.29. The molecule has 0 fully saturated rings. The molecule has 3 nitrogen and oxygen atoms in total. The molecule has 1 atom stereocenters. The van der Waals surface area contributed by atoms with Crippen molar-refractivity contribution in [2.24, 2.45) is 0 Å². The summed E-state index contributed by atoms with van der Waals surface area (Å²) < 4.78 is 58.0. The molecule has 0 radical (unpaired) electrons.